The third-order valence-corrected chi connectivity index (χ3v) is 5.84. The number of carbonyl (C=O) groups excluding carboxylic acids is 1. The topological polar surface area (TPSA) is 53.3 Å². The van der Waals surface area contributed by atoms with Crippen molar-refractivity contribution in [2.24, 2.45) is 0 Å². The summed E-state index contributed by atoms with van der Waals surface area (Å²) in [6.45, 7) is 0.318. The van der Waals surface area contributed by atoms with E-state index >= 15 is 0 Å². The number of Topliss-reactive ketones (excluding diaryl/α,β-unsaturated/α-hetero) is 1. The number of fused-ring (bicyclic) bond motifs is 1. The molecule has 4 nitrogen and oxygen atoms in total. The molecule has 0 aromatic heterocycles. The van der Waals surface area contributed by atoms with Gasteiger partial charge in [-0.2, -0.15) is 5.26 Å². The first-order chi connectivity index (χ1) is 15.1. The van der Waals surface area contributed by atoms with Crippen LogP contribution in [0.3, 0.4) is 0 Å². The van der Waals surface area contributed by atoms with Crippen LogP contribution in [0.2, 0.25) is 0 Å². The summed E-state index contributed by atoms with van der Waals surface area (Å²) in [5, 5.41) is 10.0. The van der Waals surface area contributed by atoms with Crippen LogP contribution >= 0.6 is 0 Å². The van der Waals surface area contributed by atoms with Crippen molar-refractivity contribution >= 4 is 11.4 Å². The summed E-state index contributed by atoms with van der Waals surface area (Å²) in [5.41, 5.74) is 4.44. The van der Waals surface area contributed by atoms with E-state index in [1.807, 2.05) is 41.4 Å². The number of nitrogens with zero attached hydrogens (tertiary/aromatic N) is 2. The van der Waals surface area contributed by atoms with E-state index in [0.717, 1.165) is 29.6 Å². The highest BCUT2D eigenvalue weighted by atomic mass is 19.1. The van der Waals surface area contributed by atoms with Gasteiger partial charge in [-0.1, -0.05) is 42.5 Å². The molecule has 2 aromatic rings. The molecule has 2 aliphatic carbocycles. The van der Waals surface area contributed by atoms with E-state index in [1.165, 1.54) is 12.1 Å². The summed E-state index contributed by atoms with van der Waals surface area (Å²) in [6.07, 6.45) is 5.25. The van der Waals surface area contributed by atoms with E-state index in [0.29, 0.717) is 23.4 Å². The average Bonchev–Trinajstić information content (AvgIpc) is 3.62. The van der Waals surface area contributed by atoms with Gasteiger partial charge >= 0.3 is 0 Å². The largest absolute Gasteiger partial charge is 0.362 e. The molecule has 5 heteroatoms. The first-order valence-electron chi connectivity index (χ1n) is 10.4. The first-order valence-corrected chi connectivity index (χ1v) is 10.4. The highest BCUT2D eigenvalue weighted by Crippen LogP contribution is 2.44. The molecule has 0 bridgehead atoms. The van der Waals surface area contributed by atoms with Crippen molar-refractivity contribution in [2.75, 3.05) is 0 Å². The number of ketones is 1. The zero-order valence-corrected chi connectivity index (χ0v) is 16.9. The summed E-state index contributed by atoms with van der Waals surface area (Å²) in [7, 11) is 0. The molecule has 0 saturated heterocycles. The molecule has 2 aromatic carbocycles. The molecule has 0 N–H and O–H groups in total. The Balaban J connectivity index is 1.56. The number of halogens is 1. The molecule has 1 saturated carbocycles. The predicted molar refractivity (Wildman–Crippen MR) is 115 cm³/mol. The number of allylic oxidation sites excluding steroid dienone is 4. The van der Waals surface area contributed by atoms with E-state index < -0.39 is 6.10 Å². The summed E-state index contributed by atoms with van der Waals surface area (Å²) in [4.78, 5) is 14.8. The summed E-state index contributed by atoms with van der Waals surface area (Å²) < 4.78 is 20.0. The molecule has 31 heavy (non-hydrogen) atoms. The van der Waals surface area contributed by atoms with Crippen LogP contribution in [0.5, 0.6) is 0 Å². The lowest BCUT2D eigenvalue weighted by molar-refractivity contribution is -0.128. The van der Waals surface area contributed by atoms with Crippen molar-refractivity contribution in [3.63, 3.8) is 0 Å². The van der Waals surface area contributed by atoms with Crippen molar-refractivity contribution in [2.45, 2.75) is 38.0 Å². The number of hydrogen-bond acceptors (Lipinski definition) is 4. The Morgan fingerprint density at radius 3 is 2.65 bits per heavy atom. The van der Waals surface area contributed by atoms with Gasteiger partial charge in [0, 0.05) is 24.2 Å². The Kier molecular flexibility index (Phi) is 5.01. The minimum atomic E-state index is -0.705. The van der Waals surface area contributed by atoms with E-state index in [2.05, 4.69) is 6.07 Å². The normalized spacial score (nSPS) is 20.7. The first kappa shape index (κ1) is 19.5. The highest BCUT2D eigenvalue weighted by Gasteiger charge is 2.38. The smallest absolute Gasteiger partial charge is 0.169 e. The lowest BCUT2D eigenvalue weighted by Crippen LogP contribution is -2.32. The Labute approximate surface area is 180 Å². The maximum atomic E-state index is 14.1. The quantitative estimate of drug-likeness (QED) is 0.700. The SMILES string of the molecule is N#CC1=C(c2cccc(F)c2)C2=CC(OCc3ccccc3)C(=O)CC2=CN1C1CC1. The second-order valence-corrected chi connectivity index (χ2v) is 8.08. The molecule has 5 rings (SSSR count). The predicted octanol–water partition coefficient (Wildman–Crippen LogP) is 4.91. The fraction of sp³-hybridized carbons (Fsp3) is 0.231. The third-order valence-electron chi connectivity index (χ3n) is 5.84. The number of nitriles is 1. The molecule has 1 heterocycles. The van der Waals surface area contributed by atoms with Crippen LogP contribution in [-0.2, 0) is 16.1 Å². The van der Waals surface area contributed by atoms with E-state index in [1.54, 1.807) is 18.2 Å². The minimum Gasteiger partial charge on any atom is -0.362 e. The average molecular weight is 412 g/mol. The van der Waals surface area contributed by atoms with E-state index in [-0.39, 0.29) is 24.1 Å². The monoisotopic (exact) mass is 412 g/mol. The molecule has 0 amide bonds. The lowest BCUT2D eigenvalue weighted by atomic mass is 9.81. The number of hydrogen-bond donors (Lipinski definition) is 0. The van der Waals surface area contributed by atoms with Gasteiger partial charge in [0.2, 0.25) is 0 Å². The summed E-state index contributed by atoms with van der Waals surface area (Å²) in [5.74, 6) is -0.374. The van der Waals surface area contributed by atoms with Crippen LogP contribution < -0.4 is 0 Å². The molecular formula is C26H21FN2O2. The van der Waals surface area contributed by atoms with Crippen molar-refractivity contribution in [3.8, 4) is 6.07 Å². The third kappa shape index (κ3) is 3.83. The zero-order chi connectivity index (χ0) is 21.4. The van der Waals surface area contributed by atoms with Crippen LogP contribution in [-0.4, -0.2) is 22.8 Å². The molecular weight excluding hydrogens is 391 g/mol. The summed E-state index contributed by atoms with van der Waals surface area (Å²) in [6, 6.07) is 18.6. The number of ether oxygens (including phenoxy) is 1. The molecule has 0 spiro atoms. The van der Waals surface area contributed by atoms with Gasteiger partial charge in [-0.25, -0.2) is 4.39 Å². The number of rotatable bonds is 5. The second kappa shape index (κ2) is 7.98. The Morgan fingerprint density at radius 1 is 1.13 bits per heavy atom. The van der Waals surface area contributed by atoms with Crippen LogP contribution in [0.4, 0.5) is 4.39 Å². The molecule has 1 atom stereocenters. The fourth-order valence-electron chi connectivity index (χ4n) is 4.17. The standard InChI is InChI=1S/C26H21FN2O2/c27-20-8-4-7-18(11-20)26-22-13-25(31-16-17-5-2-1-3-6-17)24(30)12-19(22)15-29(21-9-10-21)23(26)14-28/h1-8,11,13,15,21,25H,9-10,12,16H2. The Bertz CT molecular complexity index is 1170. The molecule has 1 unspecified atom stereocenters. The van der Waals surface area contributed by atoms with Gasteiger partial charge < -0.3 is 9.64 Å². The van der Waals surface area contributed by atoms with Gasteiger partial charge in [-0.15, -0.1) is 0 Å². The van der Waals surface area contributed by atoms with Gasteiger partial charge in [0.1, 0.15) is 23.7 Å². The second-order valence-electron chi connectivity index (χ2n) is 8.08. The van der Waals surface area contributed by atoms with Crippen LogP contribution in [0, 0.1) is 17.1 Å². The van der Waals surface area contributed by atoms with E-state index in [4.69, 9.17) is 4.74 Å². The van der Waals surface area contributed by atoms with Crippen LogP contribution in [0.15, 0.2) is 83.7 Å². The van der Waals surface area contributed by atoms with Gasteiger partial charge in [0.15, 0.2) is 5.78 Å². The Morgan fingerprint density at radius 2 is 1.94 bits per heavy atom. The maximum absolute atomic E-state index is 14.1. The maximum Gasteiger partial charge on any atom is 0.169 e. The van der Waals surface area contributed by atoms with Crippen molar-refractivity contribution in [1.29, 1.82) is 5.26 Å². The Hall–Kier alpha value is -3.49. The molecule has 154 valence electrons. The molecule has 1 aliphatic heterocycles. The molecule has 3 aliphatic rings. The summed E-state index contributed by atoms with van der Waals surface area (Å²) >= 11 is 0. The van der Waals surface area contributed by atoms with Gasteiger partial charge in [0.25, 0.3) is 0 Å². The molecule has 1 fully saturated rings. The van der Waals surface area contributed by atoms with Crippen molar-refractivity contribution < 1.29 is 13.9 Å². The van der Waals surface area contributed by atoms with Crippen LogP contribution in [0.1, 0.15) is 30.4 Å². The highest BCUT2D eigenvalue weighted by molar-refractivity contribution is 5.98. The minimum absolute atomic E-state index is 0.0133. The van der Waals surface area contributed by atoms with Gasteiger partial charge in [-0.05, 0) is 53.3 Å². The van der Waals surface area contributed by atoms with Crippen molar-refractivity contribution in [1.82, 2.24) is 4.90 Å². The lowest BCUT2D eigenvalue weighted by Gasteiger charge is -2.34. The number of carbonyl (C=O) groups is 1. The van der Waals surface area contributed by atoms with Crippen LogP contribution in [0.25, 0.3) is 5.57 Å². The molecule has 0 radical (unpaired) electrons. The van der Waals surface area contributed by atoms with Gasteiger partial charge in [-0.3, -0.25) is 4.79 Å². The van der Waals surface area contributed by atoms with Gasteiger partial charge in [0.05, 0.1) is 6.61 Å². The number of benzene rings is 2. The zero-order valence-electron chi connectivity index (χ0n) is 16.9. The van der Waals surface area contributed by atoms with E-state index in [9.17, 15) is 14.4 Å². The fourth-order valence-corrected chi connectivity index (χ4v) is 4.17. The van der Waals surface area contributed by atoms with Crippen molar-refractivity contribution in [3.05, 3.63) is 101 Å².